The van der Waals surface area contributed by atoms with Crippen molar-refractivity contribution in [2.45, 2.75) is 19.4 Å². The molecule has 1 aliphatic heterocycles. The molecular weight excluding hydrogens is 404 g/mol. The monoisotopic (exact) mass is 426 g/mol. The number of hydrogen-bond donors (Lipinski definition) is 0. The summed E-state index contributed by atoms with van der Waals surface area (Å²) in [4.78, 5) is 28.8. The molecule has 1 aromatic carbocycles. The van der Waals surface area contributed by atoms with Crippen LogP contribution >= 0.6 is 11.6 Å². The number of anilines is 1. The summed E-state index contributed by atoms with van der Waals surface area (Å²) in [6, 6.07) is 14.5. The minimum atomic E-state index is -0.187. The third-order valence-corrected chi connectivity index (χ3v) is 5.44. The van der Waals surface area contributed by atoms with Crippen LogP contribution in [0.3, 0.4) is 0 Å². The first-order valence-corrected chi connectivity index (χ1v) is 10.4. The molecule has 3 aromatic rings. The first kappa shape index (κ1) is 20.2. The Balaban J connectivity index is 1.28. The average Bonchev–Trinajstić information content (AvgIpc) is 3.30. The Bertz CT molecular complexity index is 1060. The molecule has 4 rings (SSSR count). The molecule has 30 heavy (non-hydrogen) atoms. The van der Waals surface area contributed by atoms with Gasteiger partial charge in [-0.25, -0.2) is 4.68 Å². The highest BCUT2D eigenvalue weighted by Crippen LogP contribution is 2.21. The number of aromatic nitrogens is 2. The van der Waals surface area contributed by atoms with E-state index in [9.17, 15) is 9.59 Å². The van der Waals surface area contributed by atoms with Gasteiger partial charge in [-0.3, -0.25) is 9.59 Å². The summed E-state index contributed by atoms with van der Waals surface area (Å²) < 4.78 is 6.72. The third-order valence-electron chi connectivity index (χ3n) is 5.21. The van der Waals surface area contributed by atoms with E-state index >= 15 is 0 Å². The number of carbonyl (C=O) groups excluding carboxylic acids is 1. The van der Waals surface area contributed by atoms with Crippen molar-refractivity contribution in [3.05, 3.63) is 70.2 Å². The largest absolute Gasteiger partial charge is 0.463 e. The van der Waals surface area contributed by atoms with Crippen LogP contribution in [0.4, 0.5) is 5.69 Å². The van der Waals surface area contributed by atoms with Crippen molar-refractivity contribution < 1.29 is 9.21 Å². The van der Waals surface area contributed by atoms with Crippen LogP contribution in [0.1, 0.15) is 12.8 Å². The molecule has 0 unspecified atom stereocenters. The topological polar surface area (TPSA) is 71.6 Å². The molecule has 0 spiro atoms. The van der Waals surface area contributed by atoms with Gasteiger partial charge in [0, 0.05) is 55.9 Å². The molecule has 1 amide bonds. The lowest BCUT2D eigenvalue weighted by Crippen LogP contribution is -2.48. The number of amides is 1. The Hall–Kier alpha value is -3.06. The molecule has 0 N–H and O–H groups in total. The highest BCUT2D eigenvalue weighted by molar-refractivity contribution is 6.30. The minimum Gasteiger partial charge on any atom is -0.463 e. The number of rotatable bonds is 6. The van der Waals surface area contributed by atoms with Crippen molar-refractivity contribution in [2.24, 2.45) is 0 Å². The molecule has 1 fully saturated rings. The van der Waals surface area contributed by atoms with Crippen molar-refractivity contribution in [3.8, 4) is 11.5 Å². The van der Waals surface area contributed by atoms with Crippen molar-refractivity contribution in [1.29, 1.82) is 0 Å². The zero-order chi connectivity index (χ0) is 20.9. The van der Waals surface area contributed by atoms with Gasteiger partial charge in [0.1, 0.15) is 5.69 Å². The summed E-state index contributed by atoms with van der Waals surface area (Å²) in [5, 5.41) is 5.06. The Morgan fingerprint density at radius 2 is 1.90 bits per heavy atom. The molecule has 0 saturated carbocycles. The fourth-order valence-corrected chi connectivity index (χ4v) is 3.77. The summed E-state index contributed by atoms with van der Waals surface area (Å²) in [5.74, 6) is 0.716. The first-order chi connectivity index (χ1) is 14.6. The molecule has 156 valence electrons. The predicted octanol–water partition coefficient (Wildman–Crippen LogP) is 3.29. The van der Waals surface area contributed by atoms with Gasteiger partial charge >= 0.3 is 0 Å². The van der Waals surface area contributed by atoms with Crippen LogP contribution in [0.15, 0.2) is 64.0 Å². The average molecular weight is 427 g/mol. The highest BCUT2D eigenvalue weighted by Gasteiger charge is 2.21. The second-order valence-electron chi connectivity index (χ2n) is 7.21. The number of hydrogen-bond acceptors (Lipinski definition) is 5. The maximum atomic E-state index is 12.6. The van der Waals surface area contributed by atoms with Gasteiger partial charge in [0.05, 0.1) is 6.26 Å². The first-order valence-electron chi connectivity index (χ1n) is 10.0. The van der Waals surface area contributed by atoms with E-state index in [0.717, 1.165) is 18.8 Å². The summed E-state index contributed by atoms with van der Waals surface area (Å²) in [5.41, 5.74) is 1.49. The van der Waals surface area contributed by atoms with E-state index in [2.05, 4.69) is 10.00 Å². The fourth-order valence-electron chi connectivity index (χ4n) is 3.59. The van der Waals surface area contributed by atoms with Gasteiger partial charge in [0.2, 0.25) is 5.91 Å². The number of benzene rings is 1. The predicted molar refractivity (Wildman–Crippen MR) is 116 cm³/mol. The van der Waals surface area contributed by atoms with Crippen molar-refractivity contribution >= 4 is 23.2 Å². The van der Waals surface area contributed by atoms with Gasteiger partial charge in [-0.05, 0) is 42.8 Å². The lowest BCUT2D eigenvalue weighted by molar-refractivity contribution is -0.131. The molecule has 7 nitrogen and oxygen atoms in total. The highest BCUT2D eigenvalue weighted by atomic mass is 35.5. The van der Waals surface area contributed by atoms with Crippen molar-refractivity contribution in [2.75, 3.05) is 31.1 Å². The van der Waals surface area contributed by atoms with Gasteiger partial charge in [0.25, 0.3) is 5.56 Å². The minimum absolute atomic E-state index is 0.107. The normalized spacial score (nSPS) is 14.2. The van der Waals surface area contributed by atoms with Crippen molar-refractivity contribution in [3.63, 3.8) is 0 Å². The van der Waals surface area contributed by atoms with Gasteiger partial charge in [-0.2, -0.15) is 5.10 Å². The summed E-state index contributed by atoms with van der Waals surface area (Å²) in [7, 11) is 0. The Morgan fingerprint density at radius 3 is 2.63 bits per heavy atom. The van der Waals surface area contributed by atoms with Crippen LogP contribution in [0.25, 0.3) is 11.5 Å². The quantitative estimate of drug-likeness (QED) is 0.604. The number of nitrogens with zero attached hydrogens (tertiary/aromatic N) is 4. The SMILES string of the molecule is O=C(CCCn1nc(-c2ccco2)ccc1=O)N1CCN(c2cccc(Cl)c2)CC1. The van der Waals surface area contributed by atoms with E-state index in [0.29, 0.717) is 49.0 Å². The van der Waals surface area contributed by atoms with Crippen LogP contribution in [0, 0.1) is 0 Å². The van der Waals surface area contributed by atoms with E-state index in [1.165, 1.54) is 10.7 Å². The Kier molecular flexibility index (Phi) is 6.18. The van der Waals surface area contributed by atoms with Crippen LogP contribution in [-0.2, 0) is 11.3 Å². The molecule has 3 heterocycles. The summed E-state index contributed by atoms with van der Waals surface area (Å²) in [6.07, 6.45) is 2.51. The standard InChI is InChI=1S/C22H23ClN4O3/c23-17-4-1-5-18(16-17)25-11-13-26(14-12-25)21(28)7-2-10-27-22(29)9-8-19(24-27)20-6-3-15-30-20/h1,3-6,8-9,15-16H,2,7,10-14H2. The van der Waals surface area contributed by atoms with Crippen LogP contribution in [-0.4, -0.2) is 46.8 Å². The number of furan rings is 1. The zero-order valence-corrected chi connectivity index (χ0v) is 17.3. The zero-order valence-electron chi connectivity index (χ0n) is 16.5. The maximum Gasteiger partial charge on any atom is 0.266 e. The molecule has 0 atom stereocenters. The molecule has 8 heteroatoms. The number of carbonyl (C=O) groups is 1. The number of halogens is 1. The van der Waals surface area contributed by atoms with Gasteiger partial charge in [-0.15, -0.1) is 0 Å². The van der Waals surface area contributed by atoms with E-state index in [4.69, 9.17) is 16.0 Å². The van der Waals surface area contributed by atoms with E-state index < -0.39 is 0 Å². The lowest BCUT2D eigenvalue weighted by atomic mass is 10.2. The fraction of sp³-hybridized carbons (Fsp3) is 0.318. The number of aryl methyl sites for hydroxylation is 1. The summed E-state index contributed by atoms with van der Waals surface area (Å²) >= 11 is 6.07. The van der Waals surface area contributed by atoms with Crippen LogP contribution in [0.5, 0.6) is 0 Å². The lowest BCUT2D eigenvalue weighted by Gasteiger charge is -2.36. The van der Waals surface area contributed by atoms with E-state index in [1.54, 1.807) is 24.5 Å². The molecule has 0 radical (unpaired) electrons. The summed E-state index contributed by atoms with van der Waals surface area (Å²) in [6.45, 7) is 3.30. The smallest absolute Gasteiger partial charge is 0.266 e. The third kappa shape index (κ3) is 4.74. The second-order valence-corrected chi connectivity index (χ2v) is 7.64. The van der Waals surface area contributed by atoms with Gasteiger partial charge in [-0.1, -0.05) is 17.7 Å². The Labute approximate surface area is 179 Å². The second kappa shape index (κ2) is 9.17. The molecule has 0 aliphatic carbocycles. The van der Waals surface area contributed by atoms with Crippen LogP contribution < -0.4 is 10.5 Å². The van der Waals surface area contributed by atoms with Crippen LogP contribution in [0.2, 0.25) is 5.02 Å². The van der Waals surface area contributed by atoms with E-state index in [1.807, 2.05) is 29.2 Å². The van der Waals surface area contributed by atoms with Crippen molar-refractivity contribution in [1.82, 2.24) is 14.7 Å². The maximum absolute atomic E-state index is 12.6. The van der Waals surface area contributed by atoms with E-state index in [-0.39, 0.29) is 11.5 Å². The molecule has 2 aromatic heterocycles. The Morgan fingerprint density at radius 1 is 1.07 bits per heavy atom. The molecule has 1 aliphatic rings. The van der Waals surface area contributed by atoms with Gasteiger partial charge in [0.15, 0.2) is 5.76 Å². The van der Waals surface area contributed by atoms with Gasteiger partial charge < -0.3 is 14.2 Å². The number of piperazine rings is 1. The molecular formula is C22H23ClN4O3. The molecule has 0 bridgehead atoms. The molecule has 1 saturated heterocycles.